The minimum Gasteiger partial charge on any atom is -0.493 e. The maximum Gasteiger partial charge on any atom is 0.303 e. The molecule has 1 aromatic heterocycles. The fraction of sp³-hybridized carbons (Fsp3) is 0.227. The van der Waals surface area contributed by atoms with E-state index in [1.165, 1.54) is 0 Å². The monoisotopic (exact) mass is 394 g/mol. The Morgan fingerprint density at radius 3 is 2.59 bits per heavy atom. The number of aliphatic carboxylic acids is 1. The molecule has 0 aliphatic carbocycles. The number of benzene rings is 2. The number of hydrogen-bond donors (Lipinski definition) is 2. The third-order valence-electron chi connectivity index (χ3n) is 4.48. The van der Waals surface area contributed by atoms with Crippen molar-refractivity contribution < 1.29 is 23.8 Å². The summed E-state index contributed by atoms with van der Waals surface area (Å²) in [6, 6.07) is 14.6. The molecule has 0 aliphatic rings. The number of carbonyl (C=O) groups is 2. The van der Waals surface area contributed by atoms with Gasteiger partial charge in [-0.1, -0.05) is 24.3 Å². The van der Waals surface area contributed by atoms with Crippen LogP contribution in [0.2, 0.25) is 0 Å². The Kier molecular flexibility index (Phi) is 6.29. The van der Waals surface area contributed by atoms with Crippen LogP contribution in [0.3, 0.4) is 0 Å². The first kappa shape index (κ1) is 20.1. The van der Waals surface area contributed by atoms with Crippen molar-refractivity contribution in [2.45, 2.75) is 26.2 Å². The summed E-state index contributed by atoms with van der Waals surface area (Å²) in [4.78, 5) is 27.0. The molecule has 3 N–H and O–H groups in total. The Morgan fingerprint density at radius 2 is 1.90 bits per heavy atom. The normalized spacial score (nSPS) is 10.7. The zero-order chi connectivity index (χ0) is 20.8. The highest BCUT2D eigenvalue weighted by atomic mass is 16.5. The Morgan fingerprint density at radius 1 is 1.14 bits per heavy atom. The topological polar surface area (TPSA) is 116 Å². The van der Waals surface area contributed by atoms with E-state index in [-0.39, 0.29) is 18.4 Å². The van der Waals surface area contributed by atoms with Gasteiger partial charge in [0.25, 0.3) is 0 Å². The summed E-state index contributed by atoms with van der Waals surface area (Å²) in [7, 11) is 0. The van der Waals surface area contributed by atoms with Gasteiger partial charge >= 0.3 is 5.97 Å². The highest BCUT2D eigenvalue weighted by molar-refractivity contribution is 5.94. The summed E-state index contributed by atoms with van der Waals surface area (Å²) >= 11 is 0. The molecule has 0 aliphatic heterocycles. The van der Waals surface area contributed by atoms with Crippen molar-refractivity contribution in [2.24, 2.45) is 5.73 Å². The maximum absolute atomic E-state index is 11.7. The molecule has 3 aromatic rings. The van der Waals surface area contributed by atoms with E-state index in [1.54, 1.807) is 18.2 Å². The number of nitrogens with two attached hydrogens (primary N) is 1. The van der Waals surface area contributed by atoms with E-state index < -0.39 is 11.9 Å². The summed E-state index contributed by atoms with van der Waals surface area (Å²) in [6.07, 6.45) is 0.693. The summed E-state index contributed by atoms with van der Waals surface area (Å²) in [5.74, 6) is 0.239. The van der Waals surface area contributed by atoms with Gasteiger partial charge in [-0.2, -0.15) is 0 Å². The lowest BCUT2D eigenvalue weighted by atomic mass is 10.0. The van der Waals surface area contributed by atoms with Crippen LogP contribution < -0.4 is 10.5 Å². The standard InChI is InChI=1S/C22H22N2O5/c1-14-19(24-22(29-14)16-5-3-2-4-6-16)11-12-28-17-9-7-15(8-10-20(25)26)18(13-17)21(23)27/h2-7,9,13H,8,10-12H2,1H3,(H2,23,27)(H,25,26). The minimum absolute atomic E-state index is 0.0737. The Balaban J connectivity index is 1.64. The number of aryl methyl sites for hydroxylation is 2. The number of nitrogens with zero attached hydrogens (tertiary/aromatic N) is 1. The molecule has 1 amide bonds. The van der Waals surface area contributed by atoms with Crippen LogP contribution in [0.15, 0.2) is 52.9 Å². The fourth-order valence-electron chi connectivity index (χ4n) is 2.96. The first-order chi connectivity index (χ1) is 13.9. The predicted octanol–water partition coefficient (Wildman–Crippen LogP) is 3.39. The lowest BCUT2D eigenvalue weighted by Gasteiger charge is -2.10. The number of oxazole rings is 1. The molecule has 0 fully saturated rings. The van der Waals surface area contributed by atoms with E-state index in [2.05, 4.69) is 4.98 Å². The molecule has 0 saturated carbocycles. The minimum atomic E-state index is -0.932. The molecule has 0 spiro atoms. The molecule has 1 heterocycles. The lowest BCUT2D eigenvalue weighted by Crippen LogP contribution is -2.15. The molecule has 7 nitrogen and oxygen atoms in total. The van der Waals surface area contributed by atoms with Gasteiger partial charge < -0.3 is 20.0 Å². The van der Waals surface area contributed by atoms with Crippen molar-refractivity contribution >= 4 is 11.9 Å². The van der Waals surface area contributed by atoms with Crippen LogP contribution in [0, 0.1) is 6.92 Å². The van der Waals surface area contributed by atoms with E-state index in [4.69, 9.17) is 20.0 Å². The molecule has 3 rings (SSSR count). The van der Waals surface area contributed by atoms with E-state index in [1.807, 2.05) is 37.3 Å². The number of rotatable bonds is 9. The zero-order valence-electron chi connectivity index (χ0n) is 16.1. The van der Waals surface area contributed by atoms with Crippen LogP contribution in [0.4, 0.5) is 0 Å². The van der Waals surface area contributed by atoms with Gasteiger partial charge in [-0.05, 0) is 43.2 Å². The number of hydrogen-bond acceptors (Lipinski definition) is 5. The molecule has 29 heavy (non-hydrogen) atoms. The number of carboxylic acid groups (broad SMARTS) is 1. The van der Waals surface area contributed by atoms with E-state index in [9.17, 15) is 9.59 Å². The smallest absolute Gasteiger partial charge is 0.303 e. The first-order valence-electron chi connectivity index (χ1n) is 9.23. The molecule has 0 unspecified atom stereocenters. The predicted molar refractivity (Wildman–Crippen MR) is 107 cm³/mol. The fourth-order valence-corrected chi connectivity index (χ4v) is 2.96. The number of aromatic nitrogens is 1. The summed E-state index contributed by atoms with van der Waals surface area (Å²) in [6.45, 7) is 2.20. The molecule has 150 valence electrons. The van der Waals surface area contributed by atoms with Gasteiger partial charge in [-0.15, -0.1) is 0 Å². The molecule has 0 saturated heterocycles. The van der Waals surface area contributed by atoms with Gasteiger partial charge in [0.05, 0.1) is 12.3 Å². The molecular weight excluding hydrogens is 372 g/mol. The van der Waals surface area contributed by atoms with Crippen molar-refractivity contribution in [2.75, 3.05) is 6.61 Å². The second-order valence-corrected chi connectivity index (χ2v) is 6.56. The molecular formula is C22H22N2O5. The van der Waals surface area contributed by atoms with Crippen LogP contribution in [-0.4, -0.2) is 28.6 Å². The molecule has 7 heteroatoms. The maximum atomic E-state index is 11.7. The summed E-state index contributed by atoms with van der Waals surface area (Å²) in [5.41, 5.74) is 8.00. The van der Waals surface area contributed by atoms with Crippen molar-refractivity contribution in [3.8, 4) is 17.2 Å². The van der Waals surface area contributed by atoms with Crippen molar-refractivity contribution in [1.82, 2.24) is 4.98 Å². The Hall–Kier alpha value is -3.61. The van der Waals surface area contributed by atoms with Gasteiger partial charge in [-0.25, -0.2) is 4.98 Å². The van der Waals surface area contributed by atoms with E-state index in [0.29, 0.717) is 30.2 Å². The number of amides is 1. The van der Waals surface area contributed by atoms with Gasteiger partial charge in [0.15, 0.2) is 0 Å². The first-order valence-corrected chi connectivity index (χ1v) is 9.23. The van der Waals surface area contributed by atoms with Crippen LogP contribution in [0.25, 0.3) is 11.5 Å². The molecule has 0 atom stereocenters. The van der Waals surface area contributed by atoms with Crippen LogP contribution >= 0.6 is 0 Å². The third-order valence-corrected chi connectivity index (χ3v) is 4.48. The van der Waals surface area contributed by atoms with Crippen molar-refractivity contribution in [3.63, 3.8) is 0 Å². The Labute approximate surface area is 168 Å². The number of carboxylic acids is 1. The van der Waals surface area contributed by atoms with Gasteiger partial charge in [-0.3, -0.25) is 9.59 Å². The second kappa shape index (κ2) is 9.05. The van der Waals surface area contributed by atoms with Gasteiger partial charge in [0.2, 0.25) is 11.8 Å². The van der Waals surface area contributed by atoms with Crippen LogP contribution in [-0.2, 0) is 17.6 Å². The summed E-state index contributed by atoms with van der Waals surface area (Å²) in [5, 5.41) is 8.83. The van der Waals surface area contributed by atoms with Crippen molar-refractivity contribution in [3.05, 3.63) is 71.1 Å². The van der Waals surface area contributed by atoms with E-state index >= 15 is 0 Å². The highest BCUT2D eigenvalue weighted by Gasteiger charge is 2.13. The van der Waals surface area contributed by atoms with Crippen molar-refractivity contribution in [1.29, 1.82) is 0 Å². The quantitative estimate of drug-likeness (QED) is 0.575. The Bertz CT molecular complexity index is 1010. The molecule has 0 bridgehead atoms. The number of carbonyl (C=O) groups excluding carboxylic acids is 1. The van der Waals surface area contributed by atoms with Gasteiger partial charge in [0, 0.05) is 24.0 Å². The lowest BCUT2D eigenvalue weighted by molar-refractivity contribution is -0.136. The van der Waals surface area contributed by atoms with Gasteiger partial charge in [0.1, 0.15) is 11.5 Å². The number of primary amides is 1. The van der Waals surface area contributed by atoms with Crippen LogP contribution in [0.1, 0.15) is 33.8 Å². The SMILES string of the molecule is Cc1oc(-c2ccccc2)nc1CCOc1ccc(CCC(=O)O)c(C(N)=O)c1. The molecule has 2 aromatic carbocycles. The van der Waals surface area contributed by atoms with E-state index in [0.717, 1.165) is 17.0 Å². The zero-order valence-corrected chi connectivity index (χ0v) is 16.1. The second-order valence-electron chi connectivity index (χ2n) is 6.56. The van der Waals surface area contributed by atoms with Crippen LogP contribution in [0.5, 0.6) is 5.75 Å². The highest BCUT2D eigenvalue weighted by Crippen LogP contribution is 2.23. The molecule has 0 radical (unpaired) electrons. The average Bonchev–Trinajstić information content (AvgIpc) is 3.08. The summed E-state index contributed by atoms with van der Waals surface area (Å²) < 4.78 is 11.5. The largest absolute Gasteiger partial charge is 0.493 e. The third kappa shape index (κ3) is 5.22. The number of ether oxygens (including phenoxy) is 1. The average molecular weight is 394 g/mol.